The Hall–Kier alpha value is -2.55. The van der Waals surface area contributed by atoms with Gasteiger partial charge in [0.15, 0.2) is 5.78 Å². The summed E-state index contributed by atoms with van der Waals surface area (Å²) in [7, 11) is 3.92. The van der Waals surface area contributed by atoms with Gasteiger partial charge in [0.25, 0.3) is 0 Å². The average molecular weight is 292 g/mol. The first-order valence-electron chi connectivity index (χ1n) is 7.48. The molecule has 1 heterocycles. The Morgan fingerprint density at radius 1 is 0.955 bits per heavy atom. The number of carbonyl (C=O) groups excluding carboxylic acids is 1. The molecule has 1 aliphatic rings. The van der Waals surface area contributed by atoms with Crippen molar-refractivity contribution in [2.24, 2.45) is 0 Å². The Morgan fingerprint density at radius 3 is 2.14 bits per heavy atom. The van der Waals surface area contributed by atoms with Gasteiger partial charge in [0.1, 0.15) is 5.82 Å². The van der Waals surface area contributed by atoms with Gasteiger partial charge in [-0.2, -0.15) is 0 Å². The van der Waals surface area contributed by atoms with Crippen molar-refractivity contribution >= 4 is 11.4 Å². The van der Waals surface area contributed by atoms with E-state index in [2.05, 4.69) is 17.4 Å². The molecule has 0 amide bonds. The fourth-order valence-electron chi connectivity index (χ4n) is 2.82. The lowest BCUT2D eigenvalue weighted by Gasteiger charge is -2.18. The molecule has 3 heteroatoms. The molecule has 0 bridgehead atoms. The molecule has 2 aromatic carbocycles. The predicted octanol–water partition coefficient (Wildman–Crippen LogP) is 2.70. The van der Waals surface area contributed by atoms with Crippen LogP contribution < -0.4 is 5.32 Å². The summed E-state index contributed by atoms with van der Waals surface area (Å²) in [5.74, 6) is 1.07. The number of ketones is 1. The summed E-state index contributed by atoms with van der Waals surface area (Å²) in [6.45, 7) is 0. The van der Waals surface area contributed by atoms with Gasteiger partial charge in [-0.25, -0.2) is 0 Å². The number of Topliss-reactive ketones (excluding diaryl/α,β-unsaturated/α-hetero) is 1. The molecule has 0 saturated heterocycles. The van der Waals surface area contributed by atoms with E-state index in [4.69, 9.17) is 0 Å². The number of carbonyl (C=O) groups is 1. The molecule has 0 fully saturated rings. The van der Waals surface area contributed by atoms with E-state index in [1.807, 2.05) is 67.5 Å². The zero-order chi connectivity index (χ0) is 15.5. The van der Waals surface area contributed by atoms with Crippen molar-refractivity contribution < 1.29 is 4.79 Å². The van der Waals surface area contributed by atoms with Gasteiger partial charge in [0.05, 0.1) is 11.6 Å². The molecule has 1 N–H and O–H groups in total. The van der Waals surface area contributed by atoms with Crippen molar-refractivity contribution in [2.45, 2.75) is 12.5 Å². The highest BCUT2D eigenvalue weighted by Crippen LogP contribution is 2.28. The SMILES string of the molecule is CN(C)C1=C(c2ccccc2)C(=O)C(Cc2ccccc2)N1. The molecule has 0 aromatic heterocycles. The smallest absolute Gasteiger partial charge is 0.189 e. The number of nitrogens with one attached hydrogen (secondary N) is 1. The van der Waals surface area contributed by atoms with Gasteiger partial charge in [0, 0.05) is 20.5 Å². The molecule has 2 aromatic rings. The molecule has 0 aliphatic carbocycles. The second kappa shape index (κ2) is 6.06. The number of hydrogen-bond acceptors (Lipinski definition) is 3. The second-order valence-electron chi connectivity index (χ2n) is 5.73. The van der Waals surface area contributed by atoms with Crippen molar-refractivity contribution in [3.05, 3.63) is 77.6 Å². The first-order chi connectivity index (χ1) is 10.7. The first kappa shape index (κ1) is 14.4. The normalized spacial score (nSPS) is 17.5. The molecular formula is C19H20N2O. The summed E-state index contributed by atoms with van der Waals surface area (Å²) in [6, 6.07) is 19.8. The molecule has 22 heavy (non-hydrogen) atoms. The van der Waals surface area contributed by atoms with Gasteiger partial charge < -0.3 is 10.2 Å². The van der Waals surface area contributed by atoms with Crippen LogP contribution in [0.2, 0.25) is 0 Å². The van der Waals surface area contributed by atoms with E-state index in [-0.39, 0.29) is 11.8 Å². The van der Waals surface area contributed by atoms with Crippen molar-refractivity contribution in [1.29, 1.82) is 0 Å². The molecular weight excluding hydrogens is 272 g/mol. The molecule has 3 rings (SSSR count). The highest BCUT2D eigenvalue weighted by atomic mass is 16.1. The molecule has 0 saturated carbocycles. The number of nitrogens with zero attached hydrogens (tertiary/aromatic N) is 1. The Bertz CT molecular complexity index is 690. The van der Waals surface area contributed by atoms with E-state index in [1.165, 1.54) is 5.56 Å². The maximum atomic E-state index is 12.9. The van der Waals surface area contributed by atoms with Crippen LogP contribution in [0.3, 0.4) is 0 Å². The molecule has 112 valence electrons. The highest BCUT2D eigenvalue weighted by Gasteiger charge is 2.34. The lowest BCUT2D eigenvalue weighted by Crippen LogP contribution is -2.34. The lowest BCUT2D eigenvalue weighted by atomic mass is 9.97. The Morgan fingerprint density at radius 2 is 1.55 bits per heavy atom. The quantitative estimate of drug-likeness (QED) is 0.940. The van der Waals surface area contributed by atoms with Crippen LogP contribution in [0.4, 0.5) is 0 Å². The van der Waals surface area contributed by atoms with Gasteiger partial charge in [-0.05, 0) is 11.1 Å². The molecule has 1 atom stereocenters. The lowest BCUT2D eigenvalue weighted by molar-refractivity contribution is -0.114. The Labute approximate surface area is 131 Å². The zero-order valence-electron chi connectivity index (χ0n) is 12.9. The van der Waals surface area contributed by atoms with Gasteiger partial charge in [-0.3, -0.25) is 4.79 Å². The van der Waals surface area contributed by atoms with Crippen LogP contribution in [0.15, 0.2) is 66.5 Å². The van der Waals surface area contributed by atoms with Crippen LogP contribution in [0, 0.1) is 0 Å². The summed E-state index contributed by atoms with van der Waals surface area (Å²) < 4.78 is 0. The fraction of sp³-hybridized carbons (Fsp3) is 0.211. The van der Waals surface area contributed by atoms with Crippen molar-refractivity contribution in [3.8, 4) is 0 Å². The fourth-order valence-corrected chi connectivity index (χ4v) is 2.82. The maximum Gasteiger partial charge on any atom is 0.189 e. The third-order valence-corrected chi connectivity index (χ3v) is 3.90. The number of benzene rings is 2. The van der Waals surface area contributed by atoms with E-state index in [0.29, 0.717) is 6.42 Å². The van der Waals surface area contributed by atoms with Crippen LogP contribution in [-0.2, 0) is 11.2 Å². The largest absolute Gasteiger partial charge is 0.364 e. The summed E-state index contributed by atoms with van der Waals surface area (Å²) in [4.78, 5) is 14.9. The number of hydrogen-bond donors (Lipinski definition) is 1. The molecule has 1 unspecified atom stereocenters. The Kier molecular flexibility index (Phi) is 3.96. The first-order valence-corrected chi connectivity index (χ1v) is 7.48. The minimum atomic E-state index is -0.199. The van der Waals surface area contributed by atoms with E-state index in [1.54, 1.807) is 0 Å². The average Bonchev–Trinajstić information content (AvgIpc) is 2.86. The van der Waals surface area contributed by atoms with E-state index >= 15 is 0 Å². The Balaban J connectivity index is 1.90. The van der Waals surface area contributed by atoms with Crippen LogP contribution in [0.25, 0.3) is 5.57 Å². The second-order valence-corrected chi connectivity index (χ2v) is 5.73. The van der Waals surface area contributed by atoms with Crippen LogP contribution >= 0.6 is 0 Å². The van der Waals surface area contributed by atoms with Gasteiger partial charge in [-0.1, -0.05) is 60.7 Å². The summed E-state index contributed by atoms with van der Waals surface area (Å²) >= 11 is 0. The van der Waals surface area contributed by atoms with E-state index < -0.39 is 0 Å². The minimum absolute atomic E-state index is 0.166. The minimum Gasteiger partial charge on any atom is -0.364 e. The summed E-state index contributed by atoms with van der Waals surface area (Å²) in [5.41, 5.74) is 2.92. The summed E-state index contributed by atoms with van der Waals surface area (Å²) in [6.07, 6.45) is 0.702. The van der Waals surface area contributed by atoms with Gasteiger partial charge >= 0.3 is 0 Å². The topological polar surface area (TPSA) is 32.3 Å². The predicted molar refractivity (Wildman–Crippen MR) is 89.1 cm³/mol. The van der Waals surface area contributed by atoms with Crippen LogP contribution in [0.1, 0.15) is 11.1 Å². The van der Waals surface area contributed by atoms with Gasteiger partial charge in [0.2, 0.25) is 0 Å². The van der Waals surface area contributed by atoms with E-state index in [9.17, 15) is 4.79 Å². The molecule has 1 aliphatic heterocycles. The maximum absolute atomic E-state index is 12.9. The third kappa shape index (κ3) is 2.75. The number of rotatable bonds is 4. The third-order valence-electron chi connectivity index (χ3n) is 3.90. The van der Waals surface area contributed by atoms with Crippen LogP contribution in [-0.4, -0.2) is 30.8 Å². The molecule has 0 spiro atoms. The molecule has 0 radical (unpaired) electrons. The zero-order valence-corrected chi connectivity index (χ0v) is 12.9. The van der Waals surface area contributed by atoms with E-state index in [0.717, 1.165) is 17.0 Å². The van der Waals surface area contributed by atoms with Crippen molar-refractivity contribution in [2.75, 3.05) is 14.1 Å². The monoisotopic (exact) mass is 292 g/mol. The van der Waals surface area contributed by atoms with Crippen molar-refractivity contribution in [3.63, 3.8) is 0 Å². The highest BCUT2D eigenvalue weighted by molar-refractivity contribution is 6.26. The molecule has 3 nitrogen and oxygen atoms in total. The van der Waals surface area contributed by atoms with Crippen LogP contribution in [0.5, 0.6) is 0 Å². The van der Waals surface area contributed by atoms with Gasteiger partial charge in [-0.15, -0.1) is 0 Å². The summed E-state index contributed by atoms with van der Waals surface area (Å²) in [5, 5.41) is 3.39. The standard InChI is InChI=1S/C19H20N2O/c1-21(2)19-17(15-11-7-4-8-12-15)18(22)16(20-19)13-14-9-5-3-6-10-14/h3-12,16,20H,13H2,1-2H3. The van der Waals surface area contributed by atoms with Crippen molar-refractivity contribution in [1.82, 2.24) is 10.2 Å².